The number of aliphatic hydroxyl groups is 4. The van der Waals surface area contributed by atoms with E-state index in [1.165, 1.54) is 4.90 Å². The highest BCUT2D eigenvalue weighted by Gasteiger charge is 2.41. The lowest BCUT2D eigenvalue weighted by Gasteiger charge is -2.41. The van der Waals surface area contributed by atoms with Gasteiger partial charge in [-0.1, -0.05) is 0 Å². The molecular weight excluding hydrogens is 193 g/mol. The van der Waals surface area contributed by atoms with Crippen LogP contribution < -0.4 is 0 Å². The molecule has 0 aromatic heterocycles. The Hall–Kier alpha value is -0.270. The molecule has 0 radical (unpaired) electrons. The Morgan fingerprint density at radius 3 is 2.36 bits per heavy atom. The number of hydrogen-bond acceptors (Lipinski definition) is 5. The van der Waals surface area contributed by atoms with Gasteiger partial charge in [0.25, 0.3) is 0 Å². The third kappa shape index (κ3) is 2.21. The molecule has 0 aromatic carbocycles. The molecule has 1 fully saturated rings. The molecule has 1 rings (SSSR count). The van der Waals surface area contributed by atoms with Crippen LogP contribution in [-0.2, 0) is 0 Å². The molecule has 0 spiro atoms. The van der Waals surface area contributed by atoms with Crippen LogP contribution in [0.4, 0.5) is 4.39 Å². The second kappa shape index (κ2) is 4.99. The van der Waals surface area contributed by atoms with E-state index in [0.717, 1.165) is 0 Å². The zero-order valence-corrected chi connectivity index (χ0v) is 7.75. The fraction of sp³-hybridized carbons (Fsp3) is 1.00. The molecule has 6 heteroatoms. The molecule has 0 bridgehead atoms. The molecule has 1 saturated heterocycles. The molecule has 1 aliphatic heterocycles. The Kier molecular flexibility index (Phi) is 4.21. The standard InChI is InChI=1S/C8H16FNO4/c9-5-3-10(1-2-11)6(4-12)8(14)7(5)13/h5-8,11-14H,1-4H2/t5-,6-,7-,8-/m1/s1. The number of piperidine rings is 1. The van der Waals surface area contributed by atoms with Gasteiger partial charge >= 0.3 is 0 Å². The van der Waals surface area contributed by atoms with Gasteiger partial charge in [0, 0.05) is 13.1 Å². The molecule has 0 unspecified atom stereocenters. The number of halogens is 1. The van der Waals surface area contributed by atoms with Crippen molar-refractivity contribution in [3.05, 3.63) is 0 Å². The van der Waals surface area contributed by atoms with E-state index in [0.29, 0.717) is 0 Å². The summed E-state index contributed by atoms with van der Waals surface area (Å²) in [5.41, 5.74) is 0. The van der Waals surface area contributed by atoms with E-state index in [4.69, 9.17) is 10.2 Å². The van der Waals surface area contributed by atoms with Gasteiger partial charge in [-0.25, -0.2) is 4.39 Å². The fourth-order valence-electron chi connectivity index (χ4n) is 1.73. The van der Waals surface area contributed by atoms with Gasteiger partial charge in [0.1, 0.15) is 18.4 Å². The Balaban J connectivity index is 2.66. The second-order valence-corrected chi connectivity index (χ2v) is 3.47. The van der Waals surface area contributed by atoms with E-state index in [-0.39, 0.29) is 26.3 Å². The molecule has 4 N–H and O–H groups in total. The van der Waals surface area contributed by atoms with Crippen LogP contribution in [0, 0.1) is 0 Å². The molecule has 14 heavy (non-hydrogen) atoms. The molecule has 1 aliphatic rings. The van der Waals surface area contributed by atoms with Crippen molar-refractivity contribution in [2.24, 2.45) is 0 Å². The zero-order chi connectivity index (χ0) is 10.7. The van der Waals surface area contributed by atoms with Gasteiger partial charge in [0.15, 0.2) is 0 Å². The minimum atomic E-state index is -1.54. The SMILES string of the molecule is OCCN1C[C@@H](F)[C@@H](O)[C@H](O)[C@H]1CO. The van der Waals surface area contributed by atoms with Crippen molar-refractivity contribution in [1.29, 1.82) is 0 Å². The monoisotopic (exact) mass is 209 g/mol. The Morgan fingerprint density at radius 2 is 1.86 bits per heavy atom. The normalized spacial score (nSPS) is 40.1. The lowest BCUT2D eigenvalue weighted by molar-refractivity contribution is -0.126. The summed E-state index contributed by atoms with van der Waals surface area (Å²) in [6.07, 6.45) is -4.31. The number of aliphatic hydroxyl groups excluding tert-OH is 4. The van der Waals surface area contributed by atoms with Crippen molar-refractivity contribution in [3.8, 4) is 0 Å². The maximum Gasteiger partial charge on any atom is 0.141 e. The summed E-state index contributed by atoms with van der Waals surface area (Å²) < 4.78 is 13.1. The average Bonchev–Trinajstić information content (AvgIpc) is 2.16. The summed E-state index contributed by atoms with van der Waals surface area (Å²) >= 11 is 0. The Morgan fingerprint density at radius 1 is 1.21 bits per heavy atom. The minimum absolute atomic E-state index is 0.0794. The van der Waals surface area contributed by atoms with E-state index in [9.17, 15) is 14.6 Å². The summed E-state index contributed by atoms with van der Waals surface area (Å²) in [5.74, 6) is 0. The predicted molar refractivity (Wildman–Crippen MR) is 46.4 cm³/mol. The summed E-state index contributed by atoms with van der Waals surface area (Å²) in [7, 11) is 0. The molecule has 0 aliphatic carbocycles. The first-order chi connectivity index (χ1) is 6.61. The predicted octanol–water partition coefficient (Wildman–Crippen LogP) is -2.28. The number of likely N-dealkylation sites (tertiary alicyclic amines) is 1. The van der Waals surface area contributed by atoms with Crippen molar-refractivity contribution in [2.75, 3.05) is 26.3 Å². The Labute approximate surface area is 81.4 Å². The van der Waals surface area contributed by atoms with Gasteiger partial charge in [0.2, 0.25) is 0 Å². The molecule has 4 atom stereocenters. The lowest BCUT2D eigenvalue weighted by atomic mass is 9.95. The zero-order valence-electron chi connectivity index (χ0n) is 7.75. The summed E-state index contributed by atoms with van der Waals surface area (Å²) in [5, 5.41) is 36.3. The van der Waals surface area contributed by atoms with Crippen LogP contribution in [0.25, 0.3) is 0 Å². The van der Waals surface area contributed by atoms with Crippen LogP contribution >= 0.6 is 0 Å². The largest absolute Gasteiger partial charge is 0.395 e. The molecular formula is C8H16FNO4. The molecule has 0 saturated carbocycles. The number of hydrogen-bond donors (Lipinski definition) is 4. The first kappa shape index (κ1) is 11.8. The van der Waals surface area contributed by atoms with Gasteiger partial charge in [-0.3, -0.25) is 4.90 Å². The van der Waals surface area contributed by atoms with E-state index in [2.05, 4.69) is 0 Å². The number of alkyl halides is 1. The van der Waals surface area contributed by atoms with E-state index < -0.39 is 24.4 Å². The summed E-state index contributed by atoms with van der Waals surface area (Å²) in [4.78, 5) is 1.43. The van der Waals surface area contributed by atoms with Gasteiger partial charge in [-0.15, -0.1) is 0 Å². The number of nitrogens with zero attached hydrogens (tertiary/aromatic N) is 1. The highest BCUT2D eigenvalue weighted by Crippen LogP contribution is 2.20. The maximum absolute atomic E-state index is 13.1. The average molecular weight is 209 g/mol. The maximum atomic E-state index is 13.1. The highest BCUT2D eigenvalue weighted by atomic mass is 19.1. The highest BCUT2D eigenvalue weighted by molar-refractivity contribution is 4.94. The first-order valence-electron chi connectivity index (χ1n) is 4.57. The molecule has 0 aromatic rings. The van der Waals surface area contributed by atoms with E-state index >= 15 is 0 Å². The van der Waals surface area contributed by atoms with Crippen LogP contribution in [0.15, 0.2) is 0 Å². The van der Waals surface area contributed by atoms with Crippen LogP contribution in [-0.4, -0.2) is 76.1 Å². The fourth-order valence-corrected chi connectivity index (χ4v) is 1.73. The van der Waals surface area contributed by atoms with Crippen LogP contribution in [0.5, 0.6) is 0 Å². The molecule has 5 nitrogen and oxygen atoms in total. The van der Waals surface area contributed by atoms with Gasteiger partial charge in [-0.05, 0) is 0 Å². The van der Waals surface area contributed by atoms with Crippen molar-refractivity contribution >= 4 is 0 Å². The molecule has 0 amide bonds. The third-order valence-electron chi connectivity index (χ3n) is 2.57. The van der Waals surface area contributed by atoms with Gasteiger partial charge in [-0.2, -0.15) is 0 Å². The van der Waals surface area contributed by atoms with Crippen LogP contribution in [0.3, 0.4) is 0 Å². The van der Waals surface area contributed by atoms with Gasteiger partial charge < -0.3 is 20.4 Å². The van der Waals surface area contributed by atoms with E-state index in [1.807, 2.05) is 0 Å². The third-order valence-corrected chi connectivity index (χ3v) is 2.57. The van der Waals surface area contributed by atoms with E-state index in [1.54, 1.807) is 0 Å². The smallest absolute Gasteiger partial charge is 0.141 e. The topological polar surface area (TPSA) is 84.2 Å². The van der Waals surface area contributed by atoms with Crippen molar-refractivity contribution < 1.29 is 24.8 Å². The molecule has 1 heterocycles. The van der Waals surface area contributed by atoms with Crippen molar-refractivity contribution in [3.63, 3.8) is 0 Å². The van der Waals surface area contributed by atoms with Crippen molar-refractivity contribution in [1.82, 2.24) is 4.90 Å². The summed E-state index contributed by atoms with van der Waals surface area (Å²) in [6, 6.07) is -0.704. The quantitative estimate of drug-likeness (QED) is 0.421. The Bertz CT molecular complexity index is 183. The van der Waals surface area contributed by atoms with Crippen LogP contribution in [0.2, 0.25) is 0 Å². The second-order valence-electron chi connectivity index (χ2n) is 3.47. The lowest BCUT2D eigenvalue weighted by Crippen LogP contribution is -2.61. The minimum Gasteiger partial charge on any atom is -0.395 e. The summed E-state index contributed by atoms with van der Waals surface area (Å²) in [6.45, 7) is -0.448. The van der Waals surface area contributed by atoms with Gasteiger partial charge in [0.05, 0.1) is 19.3 Å². The van der Waals surface area contributed by atoms with Crippen molar-refractivity contribution in [2.45, 2.75) is 24.4 Å². The molecule has 84 valence electrons. The number of β-amino-alcohol motifs (C(OH)–C–C–N with tert-alkyl or cyclic N) is 1. The number of rotatable bonds is 3. The van der Waals surface area contributed by atoms with Crippen LogP contribution in [0.1, 0.15) is 0 Å². The first-order valence-corrected chi connectivity index (χ1v) is 4.57.